The molecule has 10 nitrogen and oxygen atoms in total. The number of fused-ring (bicyclic) bond motifs is 1. The van der Waals surface area contributed by atoms with E-state index in [1.807, 2.05) is 58.9 Å². The first kappa shape index (κ1) is 28.7. The van der Waals surface area contributed by atoms with Gasteiger partial charge in [0.05, 0.1) is 17.9 Å². The average molecular weight is 544 g/mol. The van der Waals surface area contributed by atoms with E-state index >= 15 is 0 Å². The molecule has 3 atom stereocenters. The number of pyridine rings is 1. The van der Waals surface area contributed by atoms with Gasteiger partial charge in [0, 0.05) is 17.4 Å². The van der Waals surface area contributed by atoms with Crippen LogP contribution in [0.15, 0.2) is 48.7 Å². The number of benzene rings is 1. The van der Waals surface area contributed by atoms with E-state index in [0.29, 0.717) is 36.4 Å². The standard InChI is InChI=1S/C30H37N7O3/c1-6-18(2)28(32)37-16-19(11-14-25(37)31)40-23-13-12-22(20-9-7-8-10-21(20)23)33-29(39)36-26-15-24(30(3,4)5)34-27(17-38)35-26/h7-11,14-18,22-23,31-32H,6,12-13H2,1-5H3,(H2,33,34,35,36,39). The Kier molecular flexibility index (Phi) is 8.46. The number of amides is 2. The number of carbonyl (C=O) groups excluding carboxylic acids is 2. The number of carbonyl (C=O) groups is 2. The molecule has 0 saturated carbocycles. The van der Waals surface area contributed by atoms with E-state index in [4.69, 9.17) is 15.6 Å². The predicted molar refractivity (Wildman–Crippen MR) is 153 cm³/mol. The zero-order chi connectivity index (χ0) is 29.0. The Morgan fingerprint density at radius 1 is 1.18 bits per heavy atom. The van der Waals surface area contributed by atoms with Crippen LogP contribution < -0.4 is 20.9 Å². The smallest absolute Gasteiger partial charge is 0.320 e. The third kappa shape index (κ3) is 6.44. The summed E-state index contributed by atoms with van der Waals surface area (Å²) >= 11 is 0. The van der Waals surface area contributed by atoms with Gasteiger partial charge in [-0.15, -0.1) is 0 Å². The Hall–Kier alpha value is -4.34. The summed E-state index contributed by atoms with van der Waals surface area (Å²) in [5.74, 6) is 1.24. The summed E-state index contributed by atoms with van der Waals surface area (Å²) in [5.41, 5.74) is 2.49. The molecule has 210 valence electrons. The van der Waals surface area contributed by atoms with Crippen LogP contribution in [0.2, 0.25) is 0 Å². The van der Waals surface area contributed by atoms with Gasteiger partial charge in [-0.25, -0.2) is 14.8 Å². The van der Waals surface area contributed by atoms with Gasteiger partial charge in [-0.2, -0.15) is 0 Å². The Labute approximate surface area is 234 Å². The van der Waals surface area contributed by atoms with Crippen molar-refractivity contribution in [3.8, 4) is 5.75 Å². The third-order valence-electron chi connectivity index (χ3n) is 7.14. The summed E-state index contributed by atoms with van der Waals surface area (Å²) < 4.78 is 7.94. The van der Waals surface area contributed by atoms with Crippen molar-refractivity contribution in [1.29, 1.82) is 10.8 Å². The van der Waals surface area contributed by atoms with E-state index in [2.05, 4.69) is 20.6 Å². The number of aldehydes is 1. The van der Waals surface area contributed by atoms with Gasteiger partial charge < -0.3 is 10.1 Å². The van der Waals surface area contributed by atoms with Gasteiger partial charge in [0.15, 0.2) is 12.1 Å². The molecule has 1 aliphatic rings. The molecule has 0 bridgehead atoms. The van der Waals surface area contributed by atoms with Crippen molar-refractivity contribution in [3.63, 3.8) is 0 Å². The Morgan fingerprint density at radius 3 is 2.58 bits per heavy atom. The highest BCUT2D eigenvalue weighted by Gasteiger charge is 2.30. The van der Waals surface area contributed by atoms with E-state index in [-0.39, 0.29) is 40.6 Å². The van der Waals surface area contributed by atoms with Gasteiger partial charge >= 0.3 is 6.03 Å². The van der Waals surface area contributed by atoms with Gasteiger partial charge in [-0.05, 0) is 42.5 Å². The largest absolute Gasteiger partial charge is 0.484 e. The van der Waals surface area contributed by atoms with Gasteiger partial charge in [0.1, 0.15) is 29.0 Å². The minimum Gasteiger partial charge on any atom is -0.484 e. The van der Waals surface area contributed by atoms with Crippen LogP contribution in [0.3, 0.4) is 0 Å². The molecular formula is C30H37N7O3. The molecule has 0 radical (unpaired) electrons. The lowest BCUT2D eigenvalue weighted by molar-refractivity contribution is 0.111. The normalized spacial score (nSPS) is 17.3. The summed E-state index contributed by atoms with van der Waals surface area (Å²) in [6, 6.07) is 12.3. The van der Waals surface area contributed by atoms with Crippen LogP contribution in [0.5, 0.6) is 5.75 Å². The maximum atomic E-state index is 13.0. The molecule has 0 spiro atoms. The van der Waals surface area contributed by atoms with Gasteiger partial charge in [0.2, 0.25) is 0 Å². The quantitative estimate of drug-likeness (QED) is 0.176. The second-order valence-electron chi connectivity index (χ2n) is 11.1. The number of hydrogen-bond donors (Lipinski definition) is 4. The monoisotopic (exact) mass is 543 g/mol. The fourth-order valence-corrected chi connectivity index (χ4v) is 4.65. The maximum absolute atomic E-state index is 13.0. The fourth-order valence-electron chi connectivity index (χ4n) is 4.65. The highest BCUT2D eigenvalue weighted by atomic mass is 16.5. The van der Waals surface area contributed by atoms with Crippen molar-refractivity contribution in [2.45, 2.75) is 71.4 Å². The van der Waals surface area contributed by atoms with Crippen LogP contribution in [0.25, 0.3) is 0 Å². The zero-order valence-corrected chi connectivity index (χ0v) is 23.6. The molecule has 10 heteroatoms. The summed E-state index contributed by atoms with van der Waals surface area (Å²) in [7, 11) is 0. The molecule has 2 amide bonds. The first-order valence-electron chi connectivity index (χ1n) is 13.5. The van der Waals surface area contributed by atoms with E-state index in [1.165, 1.54) is 0 Å². The molecule has 0 saturated heterocycles. The van der Waals surface area contributed by atoms with Gasteiger partial charge in [-0.1, -0.05) is 58.9 Å². The van der Waals surface area contributed by atoms with Crippen LogP contribution >= 0.6 is 0 Å². The lowest BCUT2D eigenvalue weighted by Gasteiger charge is -2.32. The van der Waals surface area contributed by atoms with E-state index < -0.39 is 6.03 Å². The molecular weight excluding hydrogens is 506 g/mol. The van der Waals surface area contributed by atoms with Crippen LogP contribution in [0.4, 0.5) is 10.6 Å². The second kappa shape index (κ2) is 11.8. The van der Waals surface area contributed by atoms with Crippen LogP contribution in [-0.4, -0.2) is 32.7 Å². The molecule has 0 fully saturated rings. The van der Waals surface area contributed by atoms with E-state index in [0.717, 1.165) is 17.5 Å². The fraction of sp³-hybridized carbons (Fsp3) is 0.400. The lowest BCUT2D eigenvalue weighted by Crippen LogP contribution is -2.36. The van der Waals surface area contributed by atoms with Gasteiger partial charge in [-0.3, -0.25) is 25.5 Å². The number of urea groups is 1. The summed E-state index contributed by atoms with van der Waals surface area (Å²) in [6.07, 6.45) is 4.14. The topological polar surface area (TPSA) is 146 Å². The summed E-state index contributed by atoms with van der Waals surface area (Å²) in [5, 5.41) is 22.5. The third-order valence-corrected chi connectivity index (χ3v) is 7.14. The zero-order valence-electron chi connectivity index (χ0n) is 23.6. The van der Waals surface area contributed by atoms with Crippen LogP contribution in [-0.2, 0) is 5.41 Å². The predicted octanol–water partition coefficient (Wildman–Crippen LogP) is 5.52. The molecule has 4 rings (SSSR count). The molecule has 2 aromatic heterocycles. The molecule has 40 heavy (non-hydrogen) atoms. The number of anilines is 1. The van der Waals surface area contributed by atoms with E-state index in [9.17, 15) is 9.59 Å². The minimum absolute atomic E-state index is 0.0183. The molecule has 2 heterocycles. The van der Waals surface area contributed by atoms with Crippen molar-refractivity contribution in [3.05, 3.63) is 76.8 Å². The number of aromatic nitrogens is 3. The second-order valence-corrected chi connectivity index (χ2v) is 11.1. The summed E-state index contributed by atoms with van der Waals surface area (Å²) in [4.78, 5) is 32.8. The Bertz CT molecular complexity index is 1470. The SMILES string of the molecule is CCC(C)C(=N)n1cc(OC2CCC(NC(=O)Nc3cc(C(C)(C)C)nc(C=O)n3)c3ccccc32)ccc1=N. The highest BCUT2D eigenvalue weighted by molar-refractivity contribution is 5.89. The maximum Gasteiger partial charge on any atom is 0.320 e. The molecule has 3 unspecified atom stereocenters. The van der Waals surface area contributed by atoms with E-state index in [1.54, 1.807) is 29.0 Å². The molecule has 0 aliphatic heterocycles. The van der Waals surface area contributed by atoms with Crippen LogP contribution in [0, 0.1) is 16.7 Å². The van der Waals surface area contributed by atoms with Crippen molar-refractivity contribution in [1.82, 2.24) is 19.9 Å². The highest BCUT2D eigenvalue weighted by Crippen LogP contribution is 2.38. The van der Waals surface area contributed by atoms with Crippen molar-refractivity contribution in [2.24, 2.45) is 5.92 Å². The molecule has 1 aromatic carbocycles. The van der Waals surface area contributed by atoms with Crippen molar-refractivity contribution in [2.75, 3.05) is 5.32 Å². The first-order valence-corrected chi connectivity index (χ1v) is 13.5. The van der Waals surface area contributed by atoms with Crippen LogP contribution in [0.1, 0.15) is 93.5 Å². The number of ether oxygens (including phenoxy) is 1. The molecule has 3 aromatic rings. The number of rotatable bonds is 7. The molecule has 1 aliphatic carbocycles. The summed E-state index contributed by atoms with van der Waals surface area (Å²) in [6.45, 7) is 9.91. The lowest BCUT2D eigenvalue weighted by atomic mass is 9.85. The molecule has 4 N–H and O–H groups in total. The average Bonchev–Trinajstić information content (AvgIpc) is 2.93. The Morgan fingerprint density at radius 2 is 1.90 bits per heavy atom. The minimum atomic E-state index is -0.426. The van der Waals surface area contributed by atoms with Crippen molar-refractivity contribution >= 4 is 24.0 Å². The van der Waals surface area contributed by atoms with Gasteiger partial charge in [0.25, 0.3) is 0 Å². The Balaban J connectivity index is 1.51. The number of nitrogens with one attached hydrogen (secondary N) is 4. The number of nitrogens with zero attached hydrogens (tertiary/aromatic N) is 3. The first-order chi connectivity index (χ1) is 19.0. The van der Waals surface area contributed by atoms with Crippen molar-refractivity contribution < 1.29 is 14.3 Å². The number of hydrogen-bond acceptors (Lipinski definition) is 7.